The van der Waals surface area contributed by atoms with Gasteiger partial charge >= 0.3 is 5.97 Å². The fourth-order valence-corrected chi connectivity index (χ4v) is 1.84. The maximum absolute atomic E-state index is 12.0. The number of amides is 1. The lowest BCUT2D eigenvalue weighted by Crippen LogP contribution is -2.30. The Morgan fingerprint density at radius 2 is 2.24 bits per heavy atom. The largest absolute Gasteiger partial charge is 0.481 e. The number of hydrogen-bond donors (Lipinski definition) is 2. The van der Waals surface area contributed by atoms with Crippen molar-refractivity contribution in [3.8, 4) is 0 Å². The minimum Gasteiger partial charge on any atom is -0.481 e. The lowest BCUT2D eigenvalue weighted by molar-refractivity contribution is -0.141. The molecule has 0 spiro atoms. The van der Waals surface area contributed by atoms with Crippen molar-refractivity contribution in [3.63, 3.8) is 0 Å². The first-order chi connectivity index (χ1) is 8.08. The Morgan fingerprint density at radius 1 is 1.47 bits per heavy atom. The molecule has 6 heteroatoms. The maximum atomic E-state index is 12.0. The summed E-state index contributed by atoms with van der Waals surface area (Å²) in [5.74, 6) is -1.56. The standard InChI is InChI=1S/C11H13N3O3/c12-8-1-2-9(13-5-8)10(15)14-4-3-7(6-14)11(16)17/h1-2,5,7H,3-4,6,12H2,(H,16,17). The van der Waals surface area contributed by atoms with Crippen LogP contribution in [-0.2, 0) is 4.79 Å². The number of pyridine rings is 1. The Kier molecular flexibility index (Phi) is 2.95. The Hall–Kier alpha value is -2.11. The number of carbonyl (C=O) groups is 2. The molecule has 0 bridgehead atoms. The van der Waals surface area contributed by atoms with Crippen molar-refractivity contribution in [2.45, 2.75) is 6.42 Å². The second-order valence-electron chi connectivity index (χ2n) is 4.05. The third-order valence-electron chi connectivity index (χ3n) is 2.83. The van der Waals surface area contributed by atoms with Crippen molar-refractivity contribution in [1.29, 1.82) is 0 Å². The lowest BCUT2D eigenvalue weighted by atomic mass is 10.1. The zero-order chi connectivity index (χ0) is 12.4. The van der Waals surface area contributed by atoms with Crippen molar-refractivity contribution >= 4 is 17.6 Å². The summed E-state index contributed by atoms with van der Waals surface area (Å²) in [4.78, 5) is 28.2. The molecule has 2 rings (SSSR count). The van der Waals surface area contributed by atoms with E-state index in [1.165, 1.54) is 11.1 Å². The second-order valence-corrected chi connectivity index (χ2v) is 4.05. The minimum atomic E-state index is -0.856. The van der Waals surface area contributed by atoms with Crippen LogP contribution in [0.4, 0.5) is 5.69 Å². The van der Waals surface area contributed by atoms with Crippen molar-refractivity contribution in [2.24, 2.45) is 5.92 Å². The summed E-state index contributed by atoms with van der Waals surface area (Å²) >= 11 is 0. The monoisotopic (exact) mass is 235 g/mol. The summed E-state index contributed by atoms with van der Waals surface area (Å²) in [6.45, 7) is 0.710. The van der Waals surface area contributed by atoms with E-state index in [9.17, 15) is 9.59 Å². The van der Waals surface area contributed by atoms with Crippen LogP contribution < -0.4 is 5.73 Å². The predicted molar refractivity (Wildman–Crippen MR) is 60.3 cm³/mol. The van der Waals surface area contributed by atoms with Crippen LogP contribution in [0.25, 0.3) is 0 Å². The van der Waals surface area contributed by atoms with E-state index in [1.54, 1.807) is 12.1 Å². The van der Waals surface area contributed by atoms with E-state index in [0.717, 1.165) is 0 Å². The summed E-state index contributed by atoms with van der Waals surface area (Å²) in [5, 5.41) is 8.85. The average Bonchev–Trinajstić information content (AvgIpc) is 2.78. The topological polar surface area (TPSA) is 96.5 Å². The highest BCUT2D eigenvalue weighted by Crippen LogP contribution is 2.18. The number of aliphatic carboxylic acids is 1. The van der Waals surface area contributed by atoms with Gasteiger partial charge in [-0.25, -0.2) is 4.98 Å². The zero-order valence-corrected chi connectivity index (χ0v) is 9.17. The fraction of sp³-hybridized carbons (Fsp3) is 0.364. The van der Waals surface area contributed by atoms with E-state index in [1.807, 2.05) is 0 Å². The van der Waals surface area contributed by atoms with Gasteiger partial charge in [-0.1, -0.05) is 0 Å². The molecule has 0 aliphatic carbocycles. The van der Waals surface area contributed by atoms with Crippen LogP contribution in [0.5, 0.6) is 0 Å². The van der Waals surface area contributed by atoms with Gasteiger partial charge in [0.05, 0.1) is 17.8 Å². The van der Waals surface area contributed by atoms with Crippen LogP contribution >= 0.6 is 0 Å². The van der Waals surface area contributed by atoms with Gasteiger partial charge in [-0.2, -0.15) is 0 Å². The molecule has 2 heterocycles. The van der Waals surface area contributed by atoms with Gasteiger partial charge in [0.1, 0.15) is 5.69 Å². The molecule has 0 aromatic carbocycles. The van der Waals surface area contributed by atoms with E-state index in [4.69, 9.17) is 10.8 Å². The van der Waals surface area contributed by atoms with Gasteiger partial charge < -0.3 is 15.7 Å². The van der Waals surface area contributed by atoms with E-state index in [-0.39, 0.29) is 12.5 Å². The molecular weight excluding hydrogens is 222 g/mol. The van der Waals surface area contributed by atoms with Gasteiger partial charge in [0.2, 0.25) is 0 Å². The number of nitrogens with two attached hydrogens (primary N) is 1. The van der Waals surface area contributed by atoms with Crippen molar-refractivity contribution < 1.29 is 14.7 Å². The Morgan fingerprint density at radius 3 is 2.76 bits per heavy atom. The van der Waals surface area contributed by atoms with Crippen molar-refractivity contribution in [3.05, 3.63) is 24.0 Å². The molecule has 1 aromatic rings. The molecule has 0 radical (unpaired) electrons. The molecule has 1 atom stereocenters. The molecule has 3 N–H and O–H groups in total. The summed E-state index contributed by atoms with van der Waals surface area (Å²) in [6, 6.07) is 3.15. The minimum absolute atomic E-state index is 0.242. The van der Waals surface area contributed by atoms with Gasteiger partial charge in [0, 0.05) is 13.1 Å². The van der Waals surface area contributed by atoms with Crippen LogP contribution in [0.15, 0.2) is 18.3 Å². The van der Waals surface area contributed by atoms with Crippen LogP contribution in [0, 0.1) is 5.92 Å². The molecule has 6 nitrogen and oxygen atoms in total. The summed E-state index contributed by atoms with van der Waals surface area (Å²) in [7, 11) is 0. The van der Waals surface area contributed by atoms with Gasteiger partial charge in [0.25, 0.3) is 5.91 Å². The van der Waals surface area contributed by atoms with Gasteiger partial charge in [-0.15, -0.1) is 0 Å². The van der Waals surface area contributed by atoms with Gasteiger partial charge in [-0.3, -0.25) is 9.59 Å². The first kappa shape index (κ1) is 11.4. The first-order valence-corrected chi connectivity index (χ1v) is 5.31. The molecule has 1 aromatic heterocycles. The summed E-state index contributed by atoms with van der Waals surface area (Å²) in [6.07, 6.45) is 1.91. The molecule has 17 heavy (non-hydrogen) atoms. The SMILES string of the molecule is Nc1ccc(C(=O)N2CCC(C(=O)O)C2)nc1. The summed E-state index contributed by atoms with van der Waals surface area (Å²) < 4.78 is 0. The molecule has 1 fully saturated rings. The van der Waals surface area contributed by atoms with Crippen LogP contribution in [0.1, 0.15) is 16.9 Å². The normalized spacial score (nSPS) is 19.3. The maximum Gasteiger partial charge on any atom is 0.308 e. The number of rotatable bonds is 2. The molecular formula is C11H13N3O3. The van der Waals surface area contributed by atoms with Crippen LogP contribution in [0.2, 0.25) is 0 Å². The first-order valence-electron chi connectivity index (χ1n) is 5.31. The molecule has 1 amide bonds. The van der Waals surface area contributed by atoms with Gasteiger partial charge in [0.15, 0.2) is 0 Å². The average molecular weight is 235 g/mol. The fourth-order valence-electron chi connectivity index (χ4n) is 1.84. The predicted octanol–water partition coefficient (Wildman–Crippen LogP) is 0.210. The number of carboxylic acids is 1. The molecule has 1 unspecified atom stereocenters. The van der Waals surface area contributed by atoms with E-state index >= 15 is 0 Å². The quantitative estimate of drug-likeness (QED) is 0.763. The van der Waals surface area contributed by atoms with Gasteiger partial charge in [-0.05, 0) is 18.6 Å². The van der Waals surface area contributed by atoms with E-state index in [2.05, 4.69) is 4.98 Å². The highest BCUT2D eigenvalue weighted by molar-refractivity contribution is 5.93. The molecule has 0 saturated carbocycles. The Labute approximate surface area is 98.1 Å². The highest BCUT2D eigenvalue weighted by Gasteiger charge is 2.31. The number of carboxylic acid groups (broad SMARTS) is 1. The summed E-state index contributed by atoms with van der Waals surface area (Å²) in [5.41, 5.74) is 6.27. The number of aromatic nitrogens is 1. The number of likely N-dealkylation sites (tertiary alicyclic amines) is 1. The molecule has 90 valence electrons. The zero-order valence-electron chi connectivity index (χ0n) is 9.17. The molecule has 1 aliphatic heterocycles. The molecule has 1 saturated heterocycles. The Balaban J connectivity index is 2.07. The smallest absolute Gasteiger partial charge is 0.308 e. The number of carbonyl (C=O) groups excluding carboxylic acids is 1. The Bertz CT molecular complexity index is 444. The van der Waals surface area contributed by atoms with E-state index < -0.39 is 11.9 Å². The number of hydrogen-bond acceptors (Lipinski definition) is 4. The van der Waals surface area contributed by atoms with Crippen LogP contribution in [-0.4, -0.2) is 40.0 Å². The number of anilines is 1. The van der Waals surface area contributed by atoms with Crippen molar-refractivity contribution in [1.82, 2.24) is 9.88 Å². The van der Waals surface area contributed by atoms with E-state index in [0.29, 0.717) is 24.3 Å². The third-order valence-corrected chi connectivity index (χ3v) is 2.83. The number of nitrogens with zero attached hydrogens (tertiary/aromatic N) is 2. The van der Waals surface area contributed by atoms with Crippen molar-refractivity contribution in [2.75, 3.05) is 18.8 Å². The lowest BCUT2D eigenvalue weighted by Gasteiger charge is -2.14. The highest BCUT2D eigenvalue weighted by atomic mass is 16.4. The molecule has 1 aliphatic rings. The third kappa shape index (κ3) is 2.35. The van der Waals surface area contributed by atoms with Crippen LogP contribution in [0.3, 0.4) is 0 Å². The second kappa shape index (κ2) is 4.40. The number of nitrogen functional groups attached to an aromatic ring is 1.